The van der Waals surface area contributed by atoms with E-state index in [2.05, 4.69) is 20.9 Å². The molecule has 0 radical (unpaired) electrons. The van der Waals surface area contributed by atoms with Gasteiger partial charge in [0, 0.05) is 0 Å². The van der Waals surface area contributed by atoms with Crippen LogP contribution in [0.2, 0.25) is 0 Å². The molecule has 0 aliphatic rings. The Hall–Kier alpha value is -0.480. The lowest BCUT2D eigenvalue weighted by molar-refractivity contribution is 0.108. The molecule has 1 aromatic heterocycles. The molecule has 2 nitrogen and oxygen atoms in total. The van der Waals surface area contributed by atoms with E-state index >= 15 is 0 Å². The van der Waals surface area contributed by atoms with Gasteiger partial charge in [-0.3, -0.25) is 4.79 Å². The Bertz CT molecular complexity index is 342. The number of hydrogen-bond donors (Lipinski definition) is 0. The highest BCUT2D eigenvalue weighted by atomic mass is 79.9. The van der Waals surface area contributed by atoms with Crippen molar-refractivity contribution in [3.8, 4) is 0 Å². The molecule has 0 aliphatic carbocycles. The van der Waals surface area contributed by atoms with Crippen molar-refractivity contribution in [2.45, 2.75) is 6.92 Å². The Kier molecular flexibility index (Phi) is 2.80. The van der Waals surface area contributed by atoms with Crippen LogP contribution in [0.5, 0.6) is 0 Å². The molecule has 0 N–H and O–H groups in total. The van der Waals surface area contributed by atoms with Crippen molar-refractivity contribution in [1.82, 2.24) is 4.98 Å². The molecule has 0 bridgehead atoms. The van der Waals surface area contributed by atoms with E-state index in [0.29, 0.717) is 0 Å². The van der Waals surface area contributed by atoms with Gasteiger partial charge in [-0.1, -0.05) is 0 Å². The lowest BCUT2D eigenvalue weighted by atomic mass is 10.2. The van der Waals surface area contributed by atoms with Gasteiger partial charge in [0.05, 0.1) is 15.7 Å². The minimum absolute atomic E-state index is 0.136. The minimum Gasteiger partial charge on any atom is -0.276 e. The Balaban J connectivity index is 3.33. The number of carbonyl (C=O) groups is 1. The van der Waals surface area contributed by atoms with Gasteiger partial charge < -0.3 is 0 Å². The van der Waals surface area contributed by atoms with Crippen molar-refractivity contribution in [3.63, 3.8) is 0 Å². The molecular formula is C7H4BrClFNO. The fourth-order valence-electron chi connectivity index (χ4n) is 0.751. The molecule has 0 amide bonds. The van der Waals surface area contributed by atoms with E-state index in [1.165, 1.54) is 13.0 Å². The largest absolute Gasteiger partial charge is 0.276 e. The summed E-state index contributed by atoms with van der Waals surface area (Å²) >= 11 is 8.11. The second-order valence-corrected chi connectivity index (χ2v) is 3.37. The highest BCUT2D eigenvalue weighted by Crippen LogP contribution is 2.18. The molecule has 1 aromatic rings. The molecular weight excluding hydrogens is 248 g/mol. The zero-order valence-electron chi connectivity index (χ0n) is 6.07. The number of nitrogens with zero attached hydrogens (tertiary/aromatic N) is 1. The number of aryl methyl sites for hydroxylation is 1. The molecule has 0 unspecified atom stereocenters. The maximum Gasteiger partial charge on any atom is 0.254 e. The number of rotatable bonds is 1. The molecule has 5 heteroatoms. The average Bonchev–Trinajstić information content (AvgIpc) is 1.96. The van der Waals surface area contributed by atoms with Crippen LogP contribution in [0.1, 0.15) is 16.1 Å². The highest BCUT2D eigenvalue weighted by Gasteiger charge is 2.11. The summed E-state index contributed by atoms with van der Waals surface area (Å²) in [6.45, 7) is 1.52. The van der Waals surface area contributed by atoms with Crippen LogP contribution in [0, 0.1) is 12.9 Å². The standard InChI is InChI=1S/C7H4BrClFNO/c1-3-4(6(9)12)2-5(8)7(10)11-3/h2H,1H3. The SMILES string of the molecule is Cc1nc(F)c(Br)cc1C(=O)Cl. The first-order valence-corrected chi connectivity index (χ1v) is 4.22. The van der Waals surface area contributed by atoms with Crippen LogP contribution < -0.4 is 0 Å². The predicted molar refractivity (Wildman–Crippen MR) is 46.8 cm³/mol. The van der Waals surface area contributed by atoms with E-state index in [4.69, 9.17) is 11.6 Å². The predicted octanol–water partition coefficient (Wildman–Crippen LogP) is 2.67. The van der Waals surface area contributed by atoms with E-state index in [1.807, 2.05) is 0 Å². The number of aromatic nitrogens is 1. The zero-order valence-corrected chi connectivity index (χ0v) is 8.41. The van der Waals surface area contributed by atoms with E-state index in [-0.39, 0.29) is 15.7 Å². The first kappa shape index (κ1) is 9.61. The fourth-order valence-corrected chi connectivity index (χ4v) is 1.26. The van der Waals surface area contributed by atoms with Crippen molar-refractivity contribution in [1.29, 1.82) is 0 Å². The molecule has 12 heavy (non-hydrogen) atoms. The summed E-state index contributed by atoms with van der Waals surface area (Å²) < 4.78 is 12.8. The Morgan fingerprint density at radius 3 is 2.83 bits per heavy atom. The monoisotopic (exact) mass is 251 g/mol. The minimum atomic E-state index is -0.644. The maximum atomic E-state index is 12.7. The number of hydrogen-bond acceptors (Lipinski definition) is 2. The van der Waals surface area contributed by atoms with Gasteiger partial charge in [0.15, 0.2) is 0 Å². The quantitative estimate of drug-likeness (QED) is 0.568. The Morgan fingerprint density at radius 2 is 2.33 bits per heavy atom. The number of carbonyl (C=O) groups excluding carboxylic acids is 1. The number of halogens is 3. The molecule has 0 saturated heterocycles. The van der Waals surface area contributed by atoms with Crippen molar-refractivity contribution in [3.05, 3.63) is 27.7 Å². The molecule has 0 aliphatic heterocycles. The molecule has 1 rings (SSSR count). The van der Waals surface area contributed by atoms with E-state index in [9.17, 15) is 9.18 Å². The Labute approximate surface area is 81.9 Å². The summed E-state index contributed by atoms with van der Waals surface area (Å²) in [4.78, 5) is 14.2. The van der Waals surface area contributed by atoms with E-state index in [1.54, 1.807) is 0 Å². The fraction of sp³-hybridized carbons (Fsp3) is 0.143. The van der Waals surface area contributed by atoms with Crippen LogP contribution in [0.15, 0.2) is 10.5 Å². The van der Waals surface area contributed by atoms with Crippen molar-refractivity contribution < 1.29 is 9.18 Å². The molecule has 0 spiro atoms. The molecule has 0 atom stereocenters. The summed E-state index contributed by atoms with van der Waals surface area (Å²) in [5.74, 6) is -0.644. The van der Waals surface area contributed by atoms with Gasteiger partial charge in [-0.25, -0.2) is 4.98 Å². The first-order chi connectivity index (χ1) is 5.52. The summed E-state index contributed by atoms with van der Waals surface area (Å²) in [6.07, 6.45) is 0. The van der Waals surface area contributed by atoms with Gasteiger partial charge in [0.2, 0.25) is 5.95 Å². The summed E-state index contributed by atoms with van der Waals surface area (Å²) in [6, 6.07) is 1.31. The van der Waals surface area contributed by atoms with Gasteiger partial charge in [-0.2, -0.15) is 4.39 Å². The first-order valence-electron chi connectivity index (χ1n) is 3.05. The van der Waals surface area contributed by atoms with Gasteiger partial charge in [-0.15, -0.1) is 0 Å². The zero-order chi connectivity index (χ0) is 9.30. The van der Waals surface area contributed by atoms with E-state index in [0.717, 1.165) is 0 Å². The normalized spacial score (nSPS) is 10.0. The van der Waals surface area contributed by atoms with Crippen LogP contribution in [0.4, 0.5) is 4.39 Å². The second kappa shape index (κ2) is 3.49. The second-order valence-electron chi connectivity index (χ2n) is 2.17. The van der Waals surface area contributed by atoms with Gasteiger partial charge in [-0.05, 0) is 40.5 Å². The third-order valence-electron chi connectivity index (χ3n) is 1.34. The van der Waals surface area contributed by atoms with Crippen LogP contribution in [0.25, 0.3) is 0 Å². The summed E-state index contributed by atoms with van der Waals surface area (Å²) in [5.41, 5.74) is 0.501. The van der Waals surface area contributed by atoms with Gasteiger partial charge in [0.25, 0.3) is 5.24 Å². The van der Waals surface area contributed by atoms with E-state index < -0.39 is 11.2 Å². The van der Waals surface area contributed by atoms with Crippen LogP contribution >= 0.6 is 27.5 Å². The average molecular weight is 252 g/mol. The molecule has 1 heterocycles. The lowest BCUT2D eigenvalue weighted by Crippen LogP contribution is -1.99. The highest BCUT2D eigenvalue weighted by molar-refractivity contribution is 9.10. The Morgan fingerprint density at radius 1 is 1.75 bits per heavy atom. The number of pyridine rings is 1. The smallest absolute Gasteiger partial charge is 0.254 e. The third-order valence-corrected chi connectivity index (χ3v) is 2.10. The summed E-state index contributed by atoms with van der Waals surface area (Å²) in [5, 5.41) is -0.638. The molecule has 0 saturated carbocycles. The molecule has 64 valence electrons. The molecule has 0 fully saturated rings. The maximum absolute atomic E-state index is 12.7. The van der Waals surface area contributed by atoms with Gasteiger partial charge >= 0.3 is 0 Å². The van der Waals surface area contributed by atoms with Crippen molar-refractivity contribution in [2.75, 3.05) is 0 Å². The third kappa shape index (κ3) is 1.81. The van der Waals surface area contributed by atoms with Crippen LogP contribution in [-0.2, 0) is 0 Å². The molecule has 0 aromatic carbocycles. The van der Waals surface area contributed by atoms with Gasteiger partial charge in [0.1, 0.15) is 0 Å². The topological polar surface area (TPSA) is 30.0 Å². The van der Waals surface area contributed by atoms with Crippen molar-refractivity contribution in [2.24, 2.45) is 0 Å². The lowest BCUT2D eigenvalue weighted by Gasteiger charge is -2.00. The van der Waals surface area contributed by atoms with Crippen LogP contribution in [0.3, 0.4) is 0 Å². The van der Waals surface area contributed by atoms with Crippen LogP contribution in [-0.4, -0.2) is 10.2 Å². The summed E-state index contributed by atoms with van der Waals surface area (Å²) in [7, 11) is 0. The van der Waals surface area contributed by atoms with Crippen molar-refractivity contribution >= 4 is 32.8 Å².